The zero-order valence-electron chi connectivity index (χ0n) is 16.0. The molecular weight excluding hydrogens is 381 g/mol. The van der Waals surface area contributed by atoms with E-state index in [1.165, 1.54) is 26.5 Å². The van der Waals surface area contributed by atoms with Crippen LogP contribution in [-0.4, -0.2) is 39.5 Å². The third-order valence-electron chi connectivity index (χ3n) is 5.37. The number of benzene rings is 1. The summed E-state index contributed by atoms with van der Waals surface area (Å²) < 4.78 is 25.4. The molecule has 0 aliphatic heterocycles. The highest BCUT2D eigenvalue weighted by Crippen LogP contribution is 2.40. The van der Waals surface area contributed by atoms with E-state index in [0.717, 1.165) is 24.1 Å². The van der Waals surface area contributed by atoms with Gasteiger partial charge in [-0.2, -0.15) is 10.2 Å². The highest BCUT2D eigenvalue weighted by Gasteiger charge is 2.29. The van der Waals surface area contributed by atoms with Gasteiger partial charge >= 0.3 is 5.69 Å². The van der Waals surface area contributed by atoms with Crippen molar-refractivity contribution in [3.05, 3.63) is 51.1 Å². The largest absolute Gasteiger partial charge is 0.497 e. The van der Waals surface area contributed by atoms with E-state index in [-0.39, 0.29) is 23.0 Å². The Morgan fingerprint density at radius 1 is 1.28 bits per heavy atom. The number of rotatable bonds is 5. The maximum atomic E-state index is 15.0. The number of aromatic amines is 2. The van der Waals surface area contributed by atoms with Gasteiger partial charge in [0.2, 0.25) is 0 Å². The second-order valence-corrected chi connectivity index (χ2v) is 6.94. The lowest BCUT2D eigenvalue weighted by Crippen LogP contribution is -2.07. The Balaban J connectivity index is 1.72. The molecule has 0 spiro atoms. The van der Waals surface area contributed by atoms with Crippen LogP contribution in [0.1, 0.15) is 35.6 Å². The Bertz CT molecular complexity index is 1060. The average molecular weight is 401 g/mol. The van der Waals surface area contributed by atoms with Gasteiger partial charge in [-0.3, -0.25) is 20.3 Å². The quantitative estimate of drug-likeness (QED) is 0.383. The summed E-state index contributed by atoms with van der Waals surface area (Å²) in [5, 5.41) is 25.0. The summed E-state index contributed by atoms with van der Waals surface area (Å²) in [6.45, 7) is 0. The van der Waals surface area contributed by atoms with E-state index in [1.54, 1.807) is 6.07 Å². The maximum absolute atomic E-state index is 15.0. The number of methoxy groups -OCH3 is 2. The number of nitro groups is 1. The van der Waals surface area contributed by atoms with Gasteiger partial charge in [0.05, 0.1) is 19.1 Å². The molecule has 1 aliphatic rings. The predicted molar refractivity (Wildman–Crippen MR) is 102 cm³/mol. The molecule has 2 N–H and O–H groups in total. The molecule has 3 aromatic rings. The van der Waals surface area contributed by atoms with Gasteiger partial charge in [0.15, 0.2) is 17.3 Å². The minimum absolute atomic E-state index is 0.106. The van der Waals surface area contributed by atoms with E-state index in [9.17, 15) is 14.5 Å². The van der Waals surface area contributed by atoms with Crippen LogP contribution in [0.15, 0.2) is 18.3 Å². The highest BCUT2D eigenvalue weighted by atomic mass is 19.1. The van der Waals surface area contributed by atoms with Gasteiger partial charge in [0, 0.05) is 17.3 Å². The van der Waals surface area contributed by atoms with E-state index in [2.05, 4.69) is 20.4 Å². The van der Waals surface area contributed by atoms with Gasteiger partial charge in [0.1, 0.15) is 17.6 Å². The summed E-state index contributed by atoms with van der Waals surface area (Å²) in [7, 11) is 2.95. The molecule has 2 heterocycles. The fourth-order valence-electron chi connectivity index (χ4n) is 3.93. The maximum Gasteiger partial charge on any atom is 0.316 e. The van der Waals surface area contributed by atoms with Crippen LogP contribution in [0.5, 0.6) is 11.5 Å². The van der Waals surface area contributed by atoms with Crippen molar-refractivity contribution in [2.24, 2.45) is 0 Å². The lowest BCUT2D eigenvalue weighted by atomic mass is 9.90. The van der Waals surface area contributed by atoms with Crippen LogP contribution < -0.4 is 9.47 Å². The summed E-state index contributed by atoms with van der Waals surface area (Å²) in [6.07, 6.45) is 3.91. The van der Waals surface area contributed by atoms with Gasteiger partial charge < -0.3 is 9.47 Å². The van der Waals surface area contributed by atoms with Crippen molar-refractivity contribution < 1.29 is 18.8 Å². The van der Waals surface area contributed by atoms with Crippen molar-refractivity contribution in [3.63, 3.8) is 0 Å². The number of aromatic nitrogens is 4. The molecule has 0 radical (unpaired) electrons. The average Bonchev–Trinajstić information content (AvgIpc) is 3.29. The van der Waals surface area contributed by atoms with Crippen molar-refractivity contribution >= 4 is 5.69 Å². The molecule has 0 saturated carbocycles. The number of fused-ring (bicyclic) bond motifs is 1. The fourth-order valence-corrected chi connectivity index (χ4v) is 3.93. The first kappa shape index (κ1) is 18.9. The molecule has 152 valence electrons. The van der Waals surface area contributed by atoms with Crippen LogP contribution in [0.2, 0.25) is 0 Å². The standard InChI is InChI=1S/C19H20FN5O4/c1-28-11-7-13(17(20)16(8-11)29-2)10-4-3-5-12-14(6-10)22-24-18(12)19-15(25(26)27)9-21-23-19/h7-10H,3-6H2,1-2H3,(H,21,23)(H,22,24). The van der Waals surface area contributed by atoms with E-state index in [0.29, 0.717) is 29.8 Å². The van der Waals surface area contributed by atoms with Crippen molar-refractivity contribution in [1.82, 2.24) is 20.4 Å². The molecule has 10 heteroatoms. The molecule has 0 bridgehead atoms. The number of ether oxygens (including phenoxy) is 2. The van der Waals surface area contributed by atoms with Gasteiger partial charge in [-0.1, -0.05) is 0 Å². The number of nitrogens with one attached hydrogen (secondary N) is 2. The molecule has 1 aliphatic carbocycles. The van der Waals surface area contributed by atoms with E-state index in [4.69, 9.17) is 9.47 Å². The minimum atomic E-state index is -0.489. The number of hydrogen-bond donors (Lipinski definition) is 2. The number of nitrogens with zero attached hydrogens (tertiary/aromatic N) is 3. The van der Waals surface area contributed by atoms with Crippen molar-refractivity contribution in [3.8, 4) is 22.9 Å². The van der Waals surface area contributed by atoms with Crippen LogP contribution in [0.4, 0.5) is 10.1 Å². The summed E-state index contributed by atoms with van der Waals surface area (Å²) in [5.41, 5.74) is 2.91. The topological polar surface area (TPSA) is 119 Å². The summed E-state index contributed by atoms with van der Waals surface area (Å²) in [5.74, 6) is 0.166. The Kier molecular flexibility index (Phi) is 4.91. The molecule has 1 atom stereocenters. The summed E-state index contributed by atoms with van der Waals surface area (Å²) in [4.78, 5) is 10.8. The summed E-state index contributed by atoms with van der Waals surface area (Å²) >= 11 is 0. The molecule has 0 amide bonds. The van der Waals surface area contributed by atoms with E-state index < -0.39 is 10.7 Å². The first-order valence-electron chi connectivity index (χ1n) is 9.19. The van der Waals surface area contributed by atoms with Gasteiger partial charge in [-0.05, 0) is 43.2 Å². The highest BCUT2D eigenvalue weighted by molar-refractivity contribution is 5.69. The molecule has 1 unspecified atom stereocenters. The molecular formula is C19H20FN5O4. The Hall–Kier alpha value is -3.43. The second-order valence-electron chi connectivity index (χ2n) is 6.94. The second kappa shape index (κ2) is 7.53. The molecule has 0 fully saturated rings. The number of hydrogen-bond acceptors (Lipinski definition) is 6. The van der Waals surface area contributed by atoms with E-state index >= 15 is 0 Å². The van der Waals surface area contributed by atoms with E-state index in [1.807, 2.05) is 0 Å². The predicted octanol–water partition coefficient (Wildman–Crippen LogP) is 3.53. The molecule has 1 aromatic carbocycles. The minimum Gasteiger partial charge on any atom is -0.497 e. The van der Waals surface area contributed by atoms with Crippen LogP contribution in [-0.2, 0) is 12.8 Å². The summed E-state index contributed by atoms with van der Waals surface area (Å²) in [6, 6.07) is 3.22. The molecule has 0 saturated heterocycles. The van der Waals surface area contributed by atoms with Gasteiger partial charge in [-0.25, -0.2) is 4.39 Å². The van der Waals surface area contributed by atoms with Crippen LogP contribution in [0.25, 0.3) is 11.4 Å². The molecule has 2 aromatic heterocycles. The smallest absolute Gasteiger partial charge is 0.316 e. The lowest BCUT2D eigenvalue weighted by molar-refractivity contribution is -0.384. The Morgan fingerprint density at radius 3 is 2.83 bits per heavy atom. The zero-order valence-corrected chi connectivity index (χ0v) is 16.0. The first-order valence-corrected chi connectivity index (χ1v) is 9.19. The van der Waals surface area contributed by atoms with Crippen molar-refractivity contribution in [1.29, 1.82) is 0 Å². The van der Waals surface area contributed by atoms with Crippen LogP contribution >= 0.6 is 0 Å². The van der Waals surface area contributed by atoms with Crippen molar-refractivity contribution in [2.45, 2.75) is 31.6 Å². The number of halogens is 1. The van der Waals surface area contributed by atoms with Crippen LogP contribution in [0, 0.1) is 15.9 Å². The Labute approximate surface area is 165 Å². The third kappa shape index (κ3) is 3.30. The lowest BCUT2D eigenvalue weighted by Gasteiger charge is -2.18. The number of H-pyrrole nitrogens is 2. The SMILES string of the molecule is COc1cc(OC)c(F)c(C2CCCc3c(-c4[nH]ncc4[N+](=O)[O-])n[nH]c3C2)c1. The zero-order chi connectivity index (χ0) is 20.5. The third-order valence-corrected chi connectivity index (χ3v) is 5.37. The molecule has 9 nitrogen and oxygen atoms in total. The van der Waals surface area contributed by atoms with Crippen LogP contribution in [0.3, 0.4) is 0 Å². The monoisotopic (exact) mass is 401 g/mol. The van der Waals surface area contributed by atoms with Gasteiger partial charge in [0.25, 0.3) is 0 Å². The molecule has 29 heavy (non-hydrogen) atoms. The fraction of sp³-hybridized carbons (Fsp3) is 0.368. The molecule has 4 rings (SSSR count). The first-order chi connectivity index (χ1) is 14.0. The normalized spacial score (nSPS) is 16.2. The van der Waals surface area contributed by atoms with Crippen molar-refractivity contribution in [2.75, 3.05) is 14.2 Å². The van der Waals surface area contributed by atoms with Gasteiger partial charge in [-0.15, -0.1) is 0 Å². The Morgan fingerprint density at radius 2 is 2.10 bits per heavy atom.